The Morgan fingerprint density at radius 1 is 0.692 bits per heavy atom. The number of carbonyl (C=O) groups is 1. The molecule has 0 amide bonds. The molecule has 158 valence electrons. The Bertz CT molecular complexity index is 271. The summed E-state index contributed by atoms with van der Waals surface area (Å²) in [4.78, 5) is 10.5. The van der Waals surface area contributed by atoms with E-state index in [4.69, 9.17) is 26.9 Å². The second-order valence-electron chi connectivity index (χ2n) is 7.07. The Balaban J connectivity index is 0. The van der Waals surface area contributed by atoms with Gasteiger partial charge in [0.2, 0.25) is 5.24 Å². The van der Waals surface area contributed by atoms with Crippen LogP contribution in [-0.4, -0.2) is 39.9 Å². The first-order valence-corrected chi connectivity index (χ1v) is 11.0. The lowest BCUT2D eigenvalue weighted by Gasteiger charge is -2.03. The van der Waals surface area contributed by atoms with E-state index < -0.39 is 6.10 Å². The van der Waals surface area contributed by atoms with Crippen LogP contribution in [0.15, 0.2) is 0 Å². The van der Waals surface area contributed by atoms with E-state index in [1.54, 1.807) is 0 Å². The molecule has 0 atom stereocenters. The van der Waals surface area contributed by atoms with Gasteiger partial charge in [-0.2, -0.15) is 0 Å². The largest absolute Gasteiger partial charge is 0.394 e. The molecule has 4 nitrogen and oxygen atoms in total. The van der Waals surface area contributed by atoms with E-state index in [1.165, 1.54) is 83.5 Å². The van der Waals surface area contributed by atoms with Crippen LogP contribution >= 0.6 is 11.6 Å². The van der Waals surface area contributed by atoms with Crippen molar-refractivity contribution in [3.8, 4) is 0 Å². The molecule has 0 spiro atoms. The van der Waals surface area contributed by atoms with Gasteiger partial charge in [0.25, 0.3) is 0 Å². The van der Waals surface area contributed by atoms with Gasteiger partial charge in [0.05, 0.1) is 13.2 Å². The Labute approximate surface area is 166 Å². The summed E-state index contributed by atoms with van der Waals surface area (Å²) in [5.74, 6) is 0. The molecule has 0 radical (unpaired) electrons. The van der Waals surface area contributed by atoms with Crippen molar-refractivity contribution in [2.24, 2.45) is 0 Å². The first-order valence-electron chi connectivity index (χ1n) is 10.7. The summed E-state index contributed by atoms with van der Waals surface area (Å²) < 4.78 is 0. The van der Waals surface area contributed by atoms with Crippen molar-refractivity contribution in [1.29, 1.82) is 0 Å². The van der Waals surface area contributed by atoms with Gasteiger partial charge in [0.15, 0.2) is 0 Å². The molecule has 0 rings (SSSR count). The van der Waals surface area contributed by atoms with Crippen molar-refractivity contribution in [3.63, 3.8) is 0 Å². The normalized spacial score (nSPS) is 10.7. The van der Waals surface area contributed by atoms with Gasteiger partial charge >= 0.3 is 0 Å². The Morgan fingerprint density at radius 3 is 1.23 bits per heavy atom. The maximum Gasteiger partial charge on any atom is 0.221 e. The van der Waals surface area contributed by atoms with Crippen LogP contribution in [0.4, 0.5) is 0 Å². The second-order valence-corrected chi connectivity index (χ2v) is 7.50. The van der Waals surface area contributed by atoms with Crippen LogP contribution in [0, 0.1) is 0 Å². The number of rotatable bonds is 18. The van der Waals surface area contributed by atoms with Crippen LogP contribution in [0.2, 0.25) is 0 Å². The highest BCUT2D eigenvalue weighted by molar-refractivity contribution is 6.63. The van der Waals surface area contributed by atoms with E-state index >= 15 is 0 Å². The monoisotopic (exact) mass is 394 g/mol. The Hall–Kier alpha value is -0.160. The molecule has 0 aliphatic heterocycles. The molecule has 0 saturated heterocycles. The average Bonchev–Trinajstić information content (AvgIpc) is 2.64. The number of carbonyl (C=O) groups excluding carboxylic acids is 1. The third-order valence-electron chi connectivity index (χ3n) is 4.40. The second kappa shape index (κ2) is 24.8. The molecule has 5 heteroatoms. The summed E-state index contributed by atoms with van der Waals surface area (Å²) in [6.45, 7) is 1.55. The van der Waals surface area contributed by atoms with E-state index in [0.717, 1.165) is 12.8 Å². The lowest BCUT2D eigenvalue weighted by Crippen LogP contribution is -2.15. The van der Waals surface area contributed by atoms with Crippen molar-refractivity contribution in [2.75, 3.05) is 13.2 Å². The fraction of sp³-hybridized carbons (Fsp3) is 0.952. The Kier molecular flexibility index (Phi) is 26.8. The van der Waals surface area contributed by atoms with E-state index in [2.05, 4.69) is 6.92 Å². The van der Waals surface area contributed by atoms with Crippen molar-refractivity contribution in [3.05, 3.63) is 0 Å². The molecule has 0 aliphatic rings. The topological polar surface area (TPSA) is 77.8 Å². The first-order chi connectivity index (χ1) is 12.6. The fourth-order valence-electron chi connectivity index (χ4n) is 2.69. The molecule has 0 aromatic carbocycles. The van der Waals surface area contributed by atoms with Gasteiger partial charge < -0.3 is 15.3 Å². The lowest BCUT2D eigenvalue weighted by molar-refractivity contribution is -0.111. The number of halogens is 1. The van der Waals surface area contributed by atoms with Crippen LogP contribution in [-0.2, 0) is 4.79 Å². The summed E-state index contributed by atoms with van der Waals surface area (Å²) in [6.07, 6.45) is 19.9. The molecule has 0 aromatic heterocycles. The number of unbranched alkanes of at least 4 members (excludes halogenated alkanes) is 14. The first kappa shape index (κ1) is 28.1. The predicted molar refractivity (Wildman–Crippen MR) is 111 cm³/mol. The van der Waals surface area contributed by atoms with Crippen molar-refractivity contribution >= 4 is 16.8 Å². The summed E-state index contributed by atoms with van der Waals surface area (Å²) in [6, 6.07) is 0. The van der Waals surface area contributed by atoms with E-state index in [1.807, 2.05) is 0 Å². The number of aliphatic hydroxyl groups excluding tert-OH is 3. The standard InChI is InChI=1S/C18H35ClO.C3H8O3/c1-2-3-4-5-6-7-8-9-10-11-12-13-14-15-16-17-18(19)20;4-1-3(6)2-5/h2-17H2,1H3;3-6H,1-2H2. The molecule has 0 aromatic rings. The summed E-state index contributed by atoms with van der Waals surface area (Å²) >= 11 is 5.30. The molecule has 0 heterocycles. The molecular formula is C21H43ClO4. The maximum atomic E-state index is 10.5. The smallest absolute Gasteiger partial charge is 0.221 e. The van der Waals surface area contributed by atoms with Gasteiger partial charge in [-0.3, -0.25) is 4.79 Å². The minimum Gasteiger partial charge on any atom is -0.394 e. The zero-order chi connectivity index (χ0) is 19.9. The third-order valence-corrected chi connectivity index (χ3v) is 4.59. The van der Waals surface area contributed by atoms with Crippen LogP contribution in [0.25, 0.3) is 0 Å². The summed E-state index contributed by atoms with van der Waals surface area (Å²) in [7, 11) is 0. The SMILES string of the molecule is CCCCCCCCCCCCCCCCCC(=O)Cl.OCC(O)CO. The van der Waals surface area contributed by atoms with Crippen LogP contribution in [0.3, 0.4) is 0 Å². The van der Waals surface area contributed by atoms with Gasteiger partial charge in [-0.15, -0.1) is 0 Å². The van der Waals surface area contributed by atoms with E-state index in [-0.39, 0.29) is 18.5 Å². The number of hydrogen-bond acceptors (Lipinski definition) is 4. The number of hydrogen-bond donors (Lipinski definition) is 3. The maximum absolute atomic E-state index is 10.5. The van der Waals surface area contributed by atoms with Crippen molar-refractivity contribution in [1.82, 2.24) is 0 Å². The lowest BCUT2D eigenvalue weighted by atomic mass is 10.0. The minimum absolute atomic E-state index is 0.181. The fourth-order valence-corrected chi connectivity index (χ4v) is 2.83. The van der Waals surface area contributed by atoms with Gasteiger partial charge in [0, 0.05) is 6.42 Å². The average molecular weight is 395 g/mol. The van der Waals surface area contributed by atoms with Crippen LogP contribution in [0.5, 0.6) is 0 Å². The molecular weight excluding hydrogens is 352 g/mol. The highest BCUT2D eigenvalue weighted by Crippen LogP contribution is 2.13. The zero-order valence-electron chi connectivity index (χ0n) is 16.9. The number of aliphatic hydroxyl groups is 3. The van der Waals surface area contributed by atoms with Crippen molar-refractivity contribution < 1.29 is 20.1 Å². The Morgan fingerprint density at radius 2 is 1.00 bits per heavy atom. The predicted octanol–water partition coefficient (Wildman–Crippen LogP) is 5.35. The van der Waals surface area contributed by atoms with Gasteiger partial charge in [-0.1, -0.05) is 96.8 Å². The van der Waals surface area contributed by atoms with Crippen molar-refractivity contribution in [2.45, 2.75) is 116 Å². The molecule has 26 heavy (non-hydrogen) atoms. The van der Waals surface area contributed by atoms with Gasteiger partial charge in [0.1, 0.15) is 6.10 Å². The highest BCUT2D eigenvalue weighted by atomic mass is 35.5. The van der Waals surface area contributed by atoms with Crippen LogP contribution in [0.1, 0.15) is 110 Å². The quantitative estimate of drug-likeness (QED) is 0.216. The molecule has 3 N–H and O–H groups in total. The molecule has 0 bridgehead atoms. The molecule has 0 saturated carbocycles. The minimum atomic E-state index is -0.954. The third kappa shape index (κ3) is 28.6. The molecule has 0 unspecified atom stereocenters. The highest BCUT2D eigenvalue weighted by Gasteiger charge is 1.97. The zero-order valence-corrected chi connectivity index (χ0v) is 17.7. The summed E-state index contributed by atoms with van der Waals surface area (Å²) in [5, 5.41) is 23.8. The molecule has 0 fully saturated rings. The van der Waals surface area contributed by atoms with E-state index in [9.17, 15) is 4.79 Å². The van der Waals surface area contributed by atoms with Gasteiger partial charge in [-0.25, -0.2) is 0 Å². The van der Waals surface area contributed by atoms with E-state index in [0.29, 0.717) is 6.42 Å². The van der Waals surface area contributed by atoms with Crippen LogP contribution < -0.4 is 0 Å². The van der Waals surface area contributed by atoms with Gasteiger partial charge in [-0.05, 0) is 18.0 Å². The summed E-state index contributed by atoms with van der Waals surface area (Å²) in [5.41, 5.74) is 0. The molecule has 0 aliphatic carbocycles.